The van der Waals surface area contributed by atoms with Gasteiger partial charge in [0.25, 0.3) is 0 Å². The van der Waals surface area contributed by atoms with Gasteiger partial charge < -0.3 is 15.7 Å². The molecule has 0 aromatic heterocycles. The summed E-state index contributed by atoms with van der Waals surface area (Å²) in [5.41, 5.74) is 5.49. The van der Waals surface area contributed by atoms with E-state index in [9.17, 15) is 4.79 Å². The van der Waals surface area contributed by atoms with Gasteiger partial charge in [0.1, 0.15) is 6.04 Å². The molecular formula is C12H26N2O2. The van der Waals surface area contributed by atoms with Crippen molar-refractivity contribution < 1.29 is 9.90 Å². The third kappa shape index (κ3) is 6.08. The summed E-state index contributed by atoms with van der Waals surface area (Å²) in [6.45, 7) is 9.30. The quantitative estimate of drug-likeness (QED) is 0.630. The number of carboxylic acids is 1. The van der Waals surface area contributed by atoms with Crippen molar-refractivity contribution in [3.63, 3.8) is 0 Å². The summed E-state index contributed by atoms with van der Waals surface area (Å²) in [5, 5.41) is 8.70. The molecule has 4 heteroatoms. The van der Waals surface area contributed by atoms with Crippen LogP contribution in [0.3, 0.4) is 0 Å². The Morgan fingerprint density at radius 3 is 2.25 bits per heavy atom. The first-order chi connectivity index (χ1) is 7.54. The number of hydrogen-bond donors (Lipinski definition) is 2. The molecule has 0 aliphatic rings. The third-order valence-electron chi connectivity index (χ3n) is 3.19. The molecule has 0 radical (unpaired) electrons. The molecule has 1 atom stereocenters. The van der Waals surface area contributed by atoms with Gasteiger partial charge in [0, 0.05) is 13.1 Å². The highest BCUT2D eigenvalue weighted by Gasteiger charge is 2.14. The molecule has 0 fully saturated rings. The summed E-state index contributed by atoms with van der Waals surface area (Å²) >= 11 is 0. The van der Waals surface area contributed by atoms with E-state index in [2.05, 4.69) is 25.7 Å². The molecule has 0 aromatic rings. The van der Waals surface area contributed by atoms with Crippen LogP contribution in [0, 0.1) is 5.92 Å². The molecule has 0 saturated heterocycles. The summed E-state index contributed by atoms with van der Waals surface area (Å²) in [6.07, 6.45) is 2.89. The molecule has 96 valence electrons. The maximum Gasteiger partial charge on any atom is 0.320 e. The van der Waals surface area contributed by atoms with Crippen molar-refractivity contribution in [3.8, 4) is 0 Å². The van der Waals surface area contributed by atoms with E-state index in [4.69, 9.17) is 10.8 Å². The highest BCUT2D eigenvalue weighted by Crippen LogP contribution is 2.10. The molecule has 1 unspecified atom stereocenters. The molecule has 0 aliphatic heterocycles. The summed E-state index contributed by atoms with van der Waals surface area (Å²) in [4.78, 5) is 12.9. The topological polar surface area (TPSA) is 66.6 Å². The van der Waals surface area contributed by atoms with Gasteiger partial charge in [0.2, 0.25) is 0 Å². The zero-order valence-corrected chi connectivity index (χ0v) is 10.8. The number of hydrogen-bond acceptors (Lipinski definition) is 3. The number of carbonyl (C=O) groups is 1. The normalized spacial score (nSPS) is 13.4. The molecule has 0 heterocycles. The standard InChI is InChI=1S/C12H26N2O2/c1-4-10(5-2)9-14(6-3)8-7-11(13)12(15)16/h10-11H,4-9,13H2,1-3H3,(H,15,16). The average molecular weight is 230 g/mol. The summed E-state index contributed by atoms with van der Waals surface area (Å²) < 4.78 is 0. The van der Waals surface area contributed by atoms with Crippen LogP contribution in [-0.4, -0.2) is 41.7 Å². The fraction of sp³-hybridized carbons (Fsp3) is 0.917. The van der Waals surface area contributed by atoms with E-state index in [0.29, 0.717) is 12.3 Å². The molecule has 0 spiro atoms. The van der Waals surface area contributed by atoms with Crippen LogP contribution < -0.4 is 5.73 Å². The molecule has 0 saturated carbocycles. The minimum absolute atomic E-state index is 0.531. The van der Waals surface area contributed by atoms with Gasteiger partial charge >= 0.3 is 5.97 Å². The van der Waals surface area contributed by atoms with Gasteiger partial charge in [-0.25, -0.2) is 0 Å². The minimum atomic E-state index is -0.904. The van der Waals surface area contributed by atoms with Crippen LogP contribution in [0.4, 0.5) is 0 Å². The van der Waals surface area contributed by atoms with E-state index in [1.807, 2.05) is 0 Å². The second kappa shape index (κ2) is 8.53. The van der Waals surface area contributed by atoms with Crippen LogP contribution in [0.25, 0.3) is 0 Å². The number of rotatable bonds is 9. The lowest BCUT2D eigenvalue weighted by atomic mass is 10.0. The molecule has 3 N–H and O–H groups in total. The maximum atomic E-state index is 10.6. The van der Waals surface area contributed by atoms with Gasteiger partial charge in [-0.05, 0) is 18.9 Å². The third-order valence-corrected chi connectivity index (χ3v) is 3.19. The van der Waals surface area contributed by atoms with Crippen LogP contribution in [0.15, 0.2) is 0 Å². The monoisotopic (exact) mass is 230 g/mol. The number of nitrogens with two attached hydrogens (primary N) is 1. The van der Waals surface area contributed by atoms with Crippen molar-refractivity contribution in [1.29, 1.82) is 0 Å². The van der Waals surface area contributed by atoms with Crippen LogP contribution in [0.5, 0.6) is 0 Å². The van der Waals surface area contributed by atoms with E-state index >= 15 is 0 Å². The van der Waals surface area contributed by atoms with Crippen molar-refractivity contribution in [2.24, 2.45) is 11.7 Å². The zero-order chi connectivity index (χ0) is 12.6. The van der Waals surface area contributed by atoms with Crippen molar-refractivity contribution in [3.05, 3.63) is 0 Å². The van der Waals surface area contributed by atoms with Gasteiger partial charge in [0.15, 0.2) is 0 Å². The Kier molecular flexibility index (Phi) is 8.21. The largest absolute Gasteiger partial charge is 0.480 e. The fourth-order valence-corrected chi connectivity index (χ4v) is 1.74. The first-order valence-corrected chi connectivity index (χ1v) is 6.25. The molecule has 16 heavy (non-hydrogen) atoms. The lowest BCUT2D eigenvalue weighted by molar-refractivity contribution is -0.138. The van der Waals surface area contributed by atoms with E-state index in [0.717, 1.165) is 19.6 Å². The lowest BCUT2D eigenvalue weighted by Crippen LogP contribution is -2.37. The summed E-state index contributed by atoms with van der Waals surface area (Å²) in [5.74, 6) is -0.195. The lowest BCUT2D eigenvalue weighted by Gasteiger charge is -2.25. The SMILES string of the molecule is CCC(CC)CN(CC)CCC(N)C(=O)O. The van der Waals surface area contributed by atoms with Crippen LogP contribution in [-0.2, 0) is 4.79 Å². The fourth-order valence-electron chi connectivity index (χ4n) is 1.74. The molecule has 0 rings (SSSR count). The molecule has 0 aromatic carbocycles. The Morgan fingerprint density at radius 1 is 1.31 bits per heavy atom. The number of nitrogens with zero attached hydrogens (tertiary/aromatic N) is 1. The highest BCUT2D eigenvalue weighted by atomic mass is 16.4. The Morgan fingerprint density at radius 2 is 1.88 bits per heavy atom. The maximum absolute atomic E-state index is 10.6. The Hall–Kier alpha value is -0.610. The van der Waals surface area contributed by atoms with E-state index in [1.165, 1.54) is 12.8 Å². The summed E-state index contributed by atoms with van der Waals surface area (Å²) in [6, 6.07) is -0.726. The van der Waals surface area contributed by atoms with Gasteiger partial charge in [-0.15, -0.1) is 0 Å². The average Bonchev–Trinajstić information content (AvgIpc) is 2.29. The van der Waals surface area contributed by atoms with Gasteiger partial charge in [0.05, 0.1) is 0 Å². The molecule has 4 nitrogen and oxygen atoms in total. The minimum Gasteiger partial charge on any atom is -0.480 e. The summed E-state index contributed by atoms with van der Waals surface area (Å²) in [7, 11) is 0. The van der Waals surface area contributed by atoms with Gasteiger partial charge in [-0.2, -0.15) is 0 Å². The zero-order valence-electron chi connectivity index (χ0n) is 10.8. The predicted molar refractivity (Wildman–Crippen MR) is 66.4 cm³/mol. The van der Waals surface area contributed by atoms with E-state index < -0.39 is 12.0 Å². The van der Waals surface area contributed by atoms with Crippen molar-refractivity contribution in [2.45, 2.75) is 46.1 Å². The molecule has 0 bridgehead atoms. The first kappa shape index (κ1) is 15.4. The Balaban J connectivity index is 3.95. The van der Waals surface area contributed by atoms with E-state index in [1.54, 1.807) is 0 Å². The van der Waals surface area contributed by atoms with Crippen LogP contribution in [0.2, 0.25) is 0 Å². The Labute approximate surface area is 98.8 Å². The van der Waals surface area contributed by atoms with Gasteiger partial charge in [-0.1, -0.05) is 33.6 Å². The predicted octanol–water partition coefficient (Wildman–Crippen LogP) is 1.55. The second-order valence-electron chi connectivity index (χ2n) is 4.31. The van der Waals surface area contributed by atoms with Gasteiger partial charge in [-0.3, -0.25) is 4.79 Å². The second-order valence-corrected chi connectivity index (χ2v) is 4.31. The number of carboxylic acid groups (broad SMARTS) is 1. The molecular weight excluding hydrogens is 204 g/mol. The van der Waals surface area contributed by atoms with Crippen molar-refractivity contribution in [1.82, 2.24) is 4.90 Å². The molecule has 0 aliphatic carbocycles. The number of aliphatic carboxylic acids is 1. The van der Waals surface area contributed by atoms with E-state index in [-0.39, 0.29) is 0 Å². The van der Waals surface area contributed by atoms with Crippen LogP contribution >= 0.6 is 0 Å². The van der Waals surface area contributed by atoms with Crippen molar-refractivity contribution >= 4 is 5.97 Å². The smallest absolute Gasteiger partial charge is 0.320 e. The Bertz CT molecular complexity index is 193. The molecule has 0 amide bonds. The highest BCUT2D eigenvalue weighted by molar-refractivity contribution is 5.72. The van der Waals surface area contributed by atoms with Crippen LogP contribution in [0.1, 0.15) is 40.0 Å². The van der Waals surface area contributed by atoms with Crippen molar-refractivity contribution in [2.75, 3.05) is 19.6 Å². The first-order valence-electron chi connectivity index (χ1n) is 6.25.